The molecule has 10 heteroatoms. The fourth-order valence-electron chi connectivity index (χ4n) is 5.08. The van der Waals surface area contributed by atoms with Crippen LogP contribution in [-0.2, 0) is 32.1 Å². The van der Waals surface area contributed by atoms with Gasteiger partial charge >= 0.3 is 11.9 Å². The van der Waals surface area contributed by atoms with Gasteiger partial charge in [0.1, 0.15) is 0 Å². The van der Waals surface area contributed by atoms with Gasteiger partial charge in [-0.1, -0.05) is 35.3 Å². The van der Waals surface area contributed by atoms with Crippen LogP contribution in [0.4, 0.5) is 11.4 Å². The number of halogens is 2. The number of carbonyl (C=O) groups excluding carboxylic acids is 2. The predicted octanol–water partition coefficient (Wildman–Crippen LogP) is 7.75. The summed E-state index contributed by atoms with van der Waals surface area (Å²) in [4.78, 5) is 43.5. The van der Waals surface area contributed by atoms with Crippen LogP contribution in [0.2, 0.25) is 10.0 Å². The van der Waals surface area contributed by atoms with Crippen LogP contribution in [0.1, 0.15) is 46.5 Å². The van der Waals surface area contributed by atoms with Crippen molar-refractivity contribution in [1.82, 2.24) is 9.97 Å². The third kappa shape index (κ3) is 7.16. The van der Waals surface area contributed by atoms with Crippen LogP contribution in [0.3, 0.4) is 0 Å². The van der Waals surface area contributed by atoms with Crippen molar-refractivity contribution in [3.63, 3.8) is 0 Å². The van der Waals surface area contributed by atoms with E-state index in [9.17, 15) is 9.59 Å². The van der Waals surface area contributed by atoms with E-state index in [4.69, 9.17) is 32.9 Å². The topological polar surface area (TPSA) is 102 Å². The first kappa shape index (κ1) is 29.2. The quantitative estimate of drug-likeness (QED) is 0.151. The first-order valence-corrected chi connectivity index (χ1v) is 14.7. The van der Waals surface area contributed by atoms with E-state index in [1.807, 2.05) is 36.4 Å². The molecule has 2 aliphatic rings. The minimum atomic E-state index is -0.781. The van der Waals surface area contributed by atoms with Crippen molar-refractivity contribution in [1.29, 1.82) is 0 Å². The van der Waals surface area contributed by atoms with Crippen molar-refractivity contribution in [2.45, 2.75) is 25.7 Å². The second kappa shape index (κ2) is 13.2. The van der Waals surface area contributed by atoms with Crippen LogP contribution in [0.5, 0.6) is 0 Å². The zero-order valence-electron chi connectivity index (χ0n) is 23.3. The second-order valence-corrected chi connectivity index (χ2v) is 11.1. The molecule has 0 saturated carbocycles. The molecule has 0 spiro atoms. The number of aryl methyl sites for hydroxylation is 2. The molecule has 2 heterocycles. The number of nitrogens with one attached hydrogen (secondary N) is 2. The summed E-state index contributed by atoms with van der Waals surface area (Å²) in [6.07, 6.45) is 12.7. The molecule has 0 unspecified atom stereocenters. The lowest BCUT2D eigenvalue weighted by Crippen LogP contribution is -2.11. The molecule has 6 rings (SSSR count). The fourth-order valence-corrected chi connectivity index (χ4v) is 5.44. The van der Waals surface area contributed by atoms with Gasteiger partial charge < -0.3 is 9.68 Å². The highest BCUT2D eigenvalue weighted by atomic mass is 35.5. The van der Waals surface area contributed by atoms with Gasteiger partial charge in [-0.25, -0.2) is 20.5 Å². The average molecular weight is 626 g/mol. The van der Waals surface area contributed by atoms with E-state index in [0.29, 0.717) is 21.4 Å². The SMILES string of the molecule is O=C(/C=C/C(=O)ONc1ccnc(C2=Cc3cc(Cl)ccc3CC2)c1)ONc1ccnc(C2=Cc3cc(Cl)ccc3CC2)c1. The number of benzene rings is 2. The Labute approximate surface area is 264 Å². The Bertz CT molecular complexity index is 1720. The number of allylic oxidation sites excluding steroid dienone is 2. The van der Waals surface area contributed by atoms with Gasteiger partial charge in [-0.2, -0.15) is 0 Å². The zero-order valence-corrected chi connectivity index (χ0v) is 24.9. The summed E-state index contributed by atoms with van der Waals surface area (Å²) in [6, 6.07) is 18.7. The molecule has 0 saturated heterocycles. The molecular formula is C34H26Cl2N4O4. The van der Waals surface area contributed by atoms with Crippen molar-refractivity contribution >= 4 is 69.8 Å². The van der Waals surface area contributed by atoms with Crippen LogP contribution >= 0.6 is 23.2 Å². The first-order valence-electron chi connectivity index (χ1n) is 13.9. The van der Waals surface area contributed by atoms with E-state index in [-0.39, 0.29) is 0 Å². The van der Waals surface area contributed by atoms with Gasteiger partial charge in [-0.3, -0.25) is 9.97 Å². The number of rotatable bonds is 8. The number of carbonyl (C=O) groups is 2. The highest BCUT2D eigenvalue weighted by Gasteiger charge is 2.15. The summed E-state index contributed by atoms with van der Waals surface area (Å²) < 4.78 is 0. The fraction of sp³-hybridized carbons (Fsp3) is 0.118. The number of aromatic nitrogens is 2. The lowest BCUT2D eigenvalue weighted by molar-refractivity contribution is -0.137. The summed E-state index contributed by atoms with van der Waals surface area (Å²) in [7, 11) is 0. The summed E-state index contributed by atoms with van der Waals surface area (Å²) in [5, 5.41) is 1.36. The minimum Gasteiger partial charge on any atom is -0.339 e. The van der Waals surface area contributed by atoms with Gasteiger partial charge in [0, 0.05) is 34.6 Å². The van der Waals surface area contributed by atoms with Crippen molar-refractivity contribution in [3.8, 4) is 0 Å². The van der Waals surface area contributed by atoms with Crippen LogP contribution < -0.4 is 11.0 Å². The van der Waals surface area contributed by atoms with Gasteiger partial charge in [-0.05, 0) is 120 Å². The van der Waals surface area contributed by atoms with Crippen molar-refractivity contribution in [2.24, 2.45) is 0 Å². The monoisotopic (exact) mass is 624 g/mol. The maximum absolute atomic E-state index is 12.2. The lowest BCUT2D eigenvalue weighted by Gasteiger charge is -2.17. The van der Waals surface area contributed by atoms with Gasteiger partial charge in [0.25, 0.3) is 0 Å². The molecule has 0 radical (unpaired) electrons. The summed E-state index contributed by atoms with van der Waals surface area (Å²) >= 11 is 12.3. The molecule has 0 fully saturated rings. The summed E-state index contributed by atoms with van der Waals surface area (Å²) in [6.45, 7) is 0. The molecule has 2 aliphatic carbocycles. The molecule has 220 valence electrons. The van der Waals surface area contributed by atoms with E-state index in [1.54, 1.807) is 36.7 Å². The van der Waals surface area contributed by atoms with E-state index < -0.39 is 11.9 Å². The first-order chi connectivity index (χ1) is 21.4. The van der Waals surface area contributed by atoms with Crippen LogP contribution in [0, 0.1) is 0 Å². The molecule has 4 aromatic rings. The number of hydrogen-bond donors (Lipinski definition) is 2. The van der Waals surface area contributed by atoms with Gasteiger partial charge in [-0.15, -0.1) is 0 Å². The Kier molecular flexibility index (Phi) is 8.72. The molecule has 0 aliphatic heterocycles. The lowest BCUT2D eigenvalue weighted by atomic mass is 9.90. The third-order valence-corrected chi connectivity index (χ3v) is 7.75. The van der Waals surface area contributed by atoms with Gasteiger partial charge in [0.2, 0.25) is 0 Å². The van der Waals surface area contributed by atoms with Gasteiger partial charge in [0.15, 0.2) is 0 Å². The molecule has 2 aromatic carbocycles. The Morgan fingerprint density at radius 1 is 0.636 bits per heavy atom. The average Bonchev–Trinajstić information content (AvgIpc) is 3.05. The summed E-state index contributed by atoms with van der Waals surface area (Å²) in [5.41, 5.74) is 14.5. The number of pyridine rings is 2. The Morgan fingerprint density at radius 3 is 1.55 bits per heavy atom. The Hall–Kier alpha value is -4.92. The number of hydrogen-bond acceptors (Lipinski definition) is 8. The Morgan fingerprint density at radius 2 is 1.09 bits per heavy atom. The smallest absolute Gasteiger partial charge is 0.339 e. The summed E-state index contributed by atoms with van der Waals surface area (Å²) in [5.74, 6) is -1.56. The third-order valence-electron chi connectivity index (χ3n) is 7.27. The highest BCUT2D eigenvalue weighted by molar-refractivity contribution is 6.31. The van der Waals surface area contributed by atoms with Crippen molar-refractivity contribution < 1.29 is 19.3 Å². The van der Waals surface area contributed by atoms with Crippen LogP contribution in [-0.4, -0.2) is 21.9 Å². The molecule has 8 nitrogen and oxygen atoms in total. The van der Waals surface area contributed by atoms with Gasteiger partial charge in [0.05, 0.1) is 22.8 Å². The highest BCUT2D eigenvalue weighted by Crippen LogP contribution is 2.33. The van der Waals surface area contributed by atoms with E-state index in [0.717, 1.165) is 71.5 Å². The maximum Gasteiger partial charge on any atom is 0.355 e. The van der Waals surface area contributed by atoms with Crippen LogP contribution in [0.15, 0.2) is 85.2 Å². The van der Waals surface area contributed by atoms with Crippen LogP contribution in [0.25, 0.3) is 23.3 Å². The van der Waals surface area contributed by atoms with E-state index in [1.165, 1.54) is 11.1 Å². The molecule has 2 N–H and O–H groups in total. The number of nitrogens with zero attached hydrogens (tertiary/aromatic N) is 2. The predicted molar refractivity (Wildman–Crippen MR) is 172 cm³/mol. The van der Waals surface area contributed by atoms with Crippen molar-refractivity contribution in [2.75, 3.05) is 11.0 Å². The standard InChI is InChI=1S/C34H26Cl2N4O4/c35-27-7-5-21-1-3-23(15-25(21)17-27)31-19-29(11-13-37-31)39-43-33(41)9-10-34(42)44-40-30-12-14-38-32(20-30)24-4-2-22-6-8-28(36)18-26(22)16-24/h5-20H,1-4H2,(H,37,39)(H,38,40)/b10-9+. The molecule has 0 amide bonds. The second-order valence-electron chi connectivity index (χ2n) is 10.3. The van der Waals surface area contributed by atoms with E-state index >= 15 is 0 Å². The Balaban J connectivity index is 1.00. The molecule has 2 aromatic heterocycles. The maximum atomic E-state index is 12.2. The number of fused-ring (bicyclic) bond motifs is 2. The largest absolute Gasteiger partial charge is 0.355 e. The molecule has 0 bridgehead atoms. The molecular weight excluding hydrogens is 599 g/mol. The zero-order chi connectivity index (χ0) is 30.5. The normalized spacial score (nSPS) is 13.7. The molecule has 44 heavy (non-hydrogen) atoms. The van der Waals surface area contributed by atoms with E-state index in [2.05, 4.69) is 33.1 Å². The van der Waals surface area contributed by atoms with Crippen molar-refractivity contribution in [3.05, 3.63) is 129 Å². The molecule has 0 atom stereocenters. The number of anilines is 2. The minimum absolute atomic E-state index is 0.534.